The number of piperidine rings is 2. The van der Waals surface area contributed by atoms with E-state index in [4.69, 9.17) is 4.74 Å². The van der Waals surface area contributed by atoms with E-state index in [0.717, 1.165) is 12.1 Å². The summed E-state index contributed by atoms with van der Waals surface area (Å²) in [7, 11) is 1.56. The van der Waals surface area contributed by atoms with Crippen molar-refractivity contribution in [1.29, 1.82) is 0 Å². The number of rotatable bonds is 8. The van der Waals surface area contributed by atoms with Gasteiger partial charge in [0, 0.05) is 50.4 Å². The fourth-order valence-corrected chi connectivity index (χ4v) is 5.74. The first kappa shape index (κ1) is 32.1. The number of halogens is 4. The van der Waals surface area contributed by atoms with Gasteiger partial charge in [-0.2, -0.15) is 13.2 Å². The van der Waals surface area contributed by atoms with Crippen LogP contribution in [0, 0.1) is 5.92 Å². The maximum atomic E-state index is 15.0. The predicted molar refractivity (Wildman–Crippen MR) is 158 cm³/mol. The van der Waals surface area contributed by atoms with Crippen LogP contribution in [0.4, 0.5) is 17.6 Å². The Hall–Kier alpha value is -4.32. The third-order valence-electron chi connectivity index (χ3n) is 8.40. The minimum atomic E-state index is -4.41. The zero-order chi connectivity index (χ0) is 32.1. The van der Waals surface area contributed by atoms with Gasteiger partial charge in [-0.3, -0.25) is 24.3 Å². The molecule has 0 radical (unpaired) electrons. The second kappa shape index (κ2) is 13.8. The largest absolute Gasteiger partial charge is 0.497 e. The number of ketones is 1. The highest BCUT2D eigenvalue weighted by Gasteiger charge is 2.33. The average molecular weight is 627 g/mol. The van der Waals surface area contributed by atoms with Crippen LogP contribution in [0.25, 0.3) is 0 Å². The Balaban J connectivity index is 1.08. The lowest BCUT2D eigenvalue weighted by molar-refractivity contribution is -0.137. The Morgan fingerprint density at radius 3 is 2.16 bits per heavy atom. The quantitative estimate of drug-likeness (QED) is 0.274. The maximum Gasteiger partial charge on any atom is 0.416 e. The van der Waals surface area contributed by atoms with E-state index in [1.54, 1.807) is 41.2 Å². The fourth-order valence-electron chi connectivity index (χ4n) is 5.74. The summed E-state index contributed by atoms with van der Waals surface area (Å²) in [6, 6.07) is 14.0. The summed E-state index contributed by atoms with van der Waals surface area (Å²) >= 11 is 0. The van der Waals surface area contributed by atoms with Crippen LogP contribution in [0.1, 0.15) is 61.6 Å². The molecule has 2 unspecified atom stereocenters. The van der Waals surface area contributed by atoms with E-state index < -0.39 is 29.9 Å². The molecule has 45 heavy (non-hydrogen) atoms. The number of Topliss-reactive ketones (excluding diaryl/α,β-unsaturated/α-hetero) is 1. The Labute approximate surface area is 258 Å². The predicted octanol–water partition coefficient (Wildman–Crippen LogP) is 5.19. The van der Waals surface area contributed by atoms with Crippen LogP contribution in [0.15, 0.2) is 66.9 Å². The van der Waals surface area contributed by atoms with Crippen molar-refractivity contribution in [3.8, 4) is 5.75 Å². The van der Waals surface area contributed by atoms with Gasteiger partial charge in [0.1, 0.15) is 17.6 Å². The van der Waals surface area contributed by atoms with Crippen molar-refractivity contribution >= 4 is 17.6 Å². The summed E-state index contributed by atoms with van der Waals surface area (Å²) < 4.78 is 58.5. The van der Waals surface area contributed by atoms with E-state index in [-0.39, 0.29) is 35.4 Å². The lowest BCUT2D eigenvalue weighted by Crippen LogP contribution is -2.52. The summed E-state index contributed by atoms with van der Waals surface area (Å²) in [6.07, 6.45) is -3.10. The van der Waals surface area contributed by atoms with Crippen molar-refractivity contribution in [3.63, 3.8) is 0 Å². The number of hydrogen-bond acceptors (Lipinski definition) is 6. The Morgan fingerprint density at radius 1 is 0.911 bits per heavy atom. The number of aromatic nitrogens is 1. The summed E-state index contributed by atoms with van der Waals surface area (Å²) in [5, 5.41) is 2.70. The van der Waals surface area contributed by atoms with Crippen molar-refractivity contribution in [2.75, 3.05) is 33.3 Å². The Morgan fingerprint density at radius 2 is 1.58 bits per heavy atom. The van der Waals surface area contributed by atoms with Gasteiger partial charge in [-0.05, 0) is 73.4 Å². The number of pyridine rings is 1. The molecule has 1 N–H and O–H groups in total. The molecule has 2 saturated heterocycles. The number of benzene rings is 2. The number of nitrogens with one attached hydrogen (secondary N) is 1. The van der Waals surface area contributed by atoms with Crippen LogP contribution < -0.4 is 10.1 Å². The topological polar surface area (TPSA) is 91.8 Å². The molecule has 2 aliphatic heterocycles. The molecule has 0 spiro atoms. The van der Waals surface area contributed by atoms with E-state index in [2.05, 4.69) is 10.3 Å². The fraction of sp³-hybridized carbons (Fsp3) is 0.394. The third kappa shape index (κ3) is 7.86. The minimum absolute atomic E-state index is 0.0278. The summed E-state index contributed by atoms with van der Waals surface area (Å²) in [6.45, 7) is 1.60. The molecular formula is C33H34F4N4O4. The van der Waals surface area contributed by atoms with Crippen LogP contribution in [-0.4, -0.2) is 77.9 Å². The molecule has 3 heterocycles. The second-order valence-electron chi connectivity index (χ2n) is 11.4. The SMILES string of the molecule is COc1ccc(C(=O)C2CCN(C(=O)c3ccc(C(=O)NC4CCN(Cc5ccc(C(F)(F)F)cc5)CC4F)cn3)CC2)cc1. The number of nitrogens with zero attached hydrogens (tertiary/aromatic N) is 3. The molecule has 2 aliphatic rings. The number of ether oxygens (including phenoxy) is 1. The molecule has 3 aromatic rings. The first-order valence-electron chi connectivity index (χ1n) is 14.8. The molecule has 2 aromatic carbocycles. The third-order valence-corrected chi connectivity index (χ3v) is 8.40. The van der Waals surface area contributed by atoms with Gasteiger partial charge in [0.15, 0.2) is 5.78 Å². The number of likely N-dealkylation sites (tertiary alicyclic amines) is 2. The van der Waals surface area contributed by atoms with Gasteiger partial charge in [-0.1, -0.05) is 12.1 Å². The molecule has 1 aromatic heterocycles. The van der Waals surface area contributed by atoms with Crippen LogP contribution in [0.2, 0.25) is 0 Å². The number of carbonyl (C=O) groups excluding carboxylic acids is 3. The number of carbonyl (C=O) groups is 3. The van der Waals surface area contributed by atoms with Crippen molar-refractivity contribution in [2.45, 2.75) is 44.2 Å². The van der Waals surface area contributed by atoms with Crippen molar-refractivity contribution < 1.29 is 36.7 Å². The lowest BCUT2D eigenvalue weighted by atomic mass is 9.88. The minimum Gasteiger partial charge on any atom is -0.497 e. The molecule has 0 saturated carbocycles. The Bertz CT molecular complexity index is 1490. The molecule has 8 nitrogen and oxygen atoms in total. The number of hydrogen-bond donors (Lipinski definition) is 1. The first-order valence-corrected chi connectivity index (χ1v) is 14.8. The van der Waals surface area contributed by atoms with Gasteiger partial charge < -0.3 is 15.0 Å². The molecule has 2 amide bonds. The van der Waals surface area contributed by atoms with Crippen LogP contribution >= 0.6 is 0 Å². The molecule has 5 rings (SSSR count). The molecular weight excluding hydrogens is 592 g/mol. The molecule has 2 fully saturated rings. The summed E-state index contributed by atoms with van der Waals surface area (Å²) in [4.78, 5) is 46.4. The maximum absolute atomic E-state index is 15.0. The van der Waals surface area contributed by atoms with E-state index in [0.29, 0.717) is 62.3 Å². The normalized spacial score (nSPS) is 19.6. The highest BCUT2D eigenvalue weighted by atomic mass is 19.4. The standard InChI is InChI=1S/C33H34F4N4O4/c1-45-26-9-4-22(5-10-26)30(42)23-12-16-41(17-13-23)32(44)29-11-6-24(18-38-29)31(43)39-28-14-15-40(20-27(28)34)19-21-2-7-25(8-3-21)33(35,36)37/h2-11,18,23,27-28H,12-17,19-20H2,1H3,(H,39,43). The van der Waals surface area contributed by atoms with Gasteiger partial charge >= 0.3 is 6.18 Å². The van der Waals surface area contributed by atoms with Crippen molar-refractivity contribution in [2.24, 2.45) is 5.92 Å². The van der Waals surface area contributed by atoms with Crippen molar-refractivity contribution in [1.82, 2.24) is 20.1 Å². The summed E-state index contributed by atoms with van der Waals surface area (Å²) in [5.41, 5.74) is 0.881. The molecule has 0 bridgehead atoms. The van der Waals surface area contributed by atoms with Gasteiger partial charge in [-0.25, -0.2) is 4.39 Å². The highest BCUT2D eigenvalue weighted by molar-refractivity contribution is 5.99. The first-order chi connectivity index (χ1) is 21.5. The Kier molecular flexibility index (Phi) is 9.81. The van der Waals surface area contributed by atoms with Crippen molar-refractivity contribution in [3.05, 3.63) is 94.8 Å². The van der Waals surface area contributed by atoms with Gasteiger partial charge in [0.25, 0.3) is 11.8 Å². The zero-order valence-corrected chi connectivity index (χ0v) is 24.7. The van der Waals surface area contributed by atoms with Crippen LogP contribution in [0.5, 0.6) is 5.75 Å². The number of methoxy groups -OCH3 is 1. The molecule has 2 atom stereocenters. The lowest BCUT2D eigenvalue weighted by Gasteiger charge is -2.35. The van der Waals surface area contributed by atoms with Gasteiger partial charge in [0.2, 0.25) is 0 Å². The molecule has 0 aliphatic carbocycles. The van der Waals surface area contributed by atoms with Crippen LogP contribution in [0.3, 0.4) is 0 Å². The van der Waals surface area contributed by atoms with Gasteiger partial charge in [-0.15, -0.1) is 0 Å². The summed E-state index contributed by atoms with van der Waals surface area (Å²) in [5.74, 6) is -0.270. The van der Waals surface area contributed by atoms with Gasteiger partial charge in [0.05, 0.1) is 24.3 Å². The smallest absolute Gasteiger partial charge is 0.416 e. The van der Waals surface area contributed by atoms with E-state index >= 15 is 0 Å². The van der Waals surface area contributed by atoms with E-state index in [1.807, 2.05) is 0 Å². The molecule has 12 heteroatoms. The van der Waals surface area contributed by atoms with E-state index in [1.165, 1.54) is 30.5 Å². The van der Waals surface area contributed by atoms with E-state index in [9.17, 15) is 31.9 Å². The number of alkyl halides is 4. The highest BCUT2D eigenvalue weighted by Crippen LogP contribution is 2.29. The number of amides is 2. The zero-order valence-electron chi connectivity index (χ0n) is 24.7. The second-order valence-corrected chi connectivity index (χ2v) is 11.4. The molecule has 238 valence electrons. The van der Waals surface area contributed by atoms with Crippen LogP contribution in [-0.2, 0) is 12.7 Å². The average Bonchev–Trinajstić information content (AvgIpc) is 3.05. The monoisotopic (exact) mass is 626 g/mol.